The summed E-state index contributed by atoms with van der Waals surface area (Å²) >= 11 is 0. The molecule has 0 saturated carbocycles. The van der Waals surface area contributed by atoms with E-state index in [4.69, 9.17) is 9.47 Å². The summed E-state index contributed by atoms with van der Waals surface area (Å²) in [6.45, 7) is 1.21. The number of amides is 1. The Morgan fingerprint density at radius 1 is 1.30 bits per heavy atom. The van der Waals surface area contributed by atoms with E-state index in [9.17, 15) is 14.9 Å². The quantitative estimate of drug-likeness (QED) is 0.612. The van der Waals surface area contributed by atoms with Crippen molar-refractivity contribution in [2.24, 2.45) is 5.10 Å². The van der Waals surface area contributed by atoms with Crippen LogP contribution in [0.25, 0.3) is 0 Å². The second-order valence-corrected chi connectivity index (χ2v) is 6.45. The van der Waals surface area contributed by atoms with Crippen molar-refractivity contribution >= 4 is 17.3 Å². The van der Waals surface area contributed by atoms with Gasteiger partial charge < -0.3 is 9.47 Å². The van der Waals surface area contributed by atoms with E-state index in [1.165, 1.54) is 12.1 Å². The third-order valence-electron chi connectivity index (χ3n) is 4.98. The molecule has 2 atom stereocenters. The van der Waals surface area contributed by atoms with Gasteiger partial charge in [-0.15, -0.1) is 0 Å². The molecular formula is C19H17N3O5. The number of methoxy groups -OCH3 is 1. The van der Waals surface area contributed by atoms with Crippen molar-refractivity contribution in [1.29, 1.82) is 0 Å². The number of benzene rings is 2. The maximum absolute atomic E-state index is 13.4. The normalized spacial score (nSPS) is 23.2. The van der Waals surface area contributed by atoms with Crippen LogP contribution in [0.15, 0.2) is 53.6 Å². The van der Waals surface area contributed by atoms with E-state index in [0.717, 1.165) is 0 Å². The Hall–Kier alpha value is -3.42. The van der Waals surface area contributed by atoms with Crippen LogP contribution >= 0.6 is 0 Å². The summed E-state index contributed by atoms with van der Waals surface area (Å²) in [6.07, 6.45) is 0. The maximum atomic E-state index is 13.4. The number of hydrazone groups is 1. The minimum atomic E-state index is -1.53. The summed E-state index contributed by atoms with van der Waals surface area (Å²) in [7, 11) is 1.51. The molecule has 2 heterocycles. The zero-order chi connectivity index (χ0) is 19.2. The van der Waals surface area contributed by atoms with Gasteiger partial charge in [0.05, 0.1) is 18.5 Å². The van der Waals surface area contributed by atoms with Gasteiger partial charge in [0, 0.05) is 10.5 Å². The SMILES string of the molecule is COc1ccc2c(c1)[C@@H](C[N+](=O)[O-])[C@]1(O2)C(=O)N(c2ccccc2)N=C1C. The Kier molecular flexibility index (Phi) is 3.83. The fourth-order valence-corrected chi connectivity index (χ4v) is 3.70. The first-order chi connectivity index (χ1) is 13.0. The van der Waals surface area contributed by atoms with Crippen molar-refractivity contribution in [2.75, 3.05) is 18.7 Å². The fourth-order valence-electron chi connectivity index (χ4n) is 3.70. The summed E-state index contributed by atoms with van der Waals surface area (Å²) in [4.78, 5) is 24.3. The molecular weight excluding hydrogens is 350 g/mol. The molecule has 2 aromatic rings. The number of ether oxygens (including phenoxy) is 2. The molecule has 0 fully saturated rings. The average Bonchev–Trinajstić information content (AvgIpc) is 3.12. The predicted octanol–water partition coefficient (Wildman–Crippen LogP) is 2.61. The van der Waals surface area contributed by atoms with Gasteiger partial charge in [0.1, 0.15) is 17.4 Å². The number of hydrogen-bond donors (Lipinski definition) is 0. The molecule has 0 aromatic heterocycles. The Morgan fingerprint density at radius 3 is 2.70 bits per heavy atom. The summed E-state index contributed by atoms with van der Waals surface area (Å²) in [6, 6.07) is 14.0. The van der Waals surface area contributed by atoms with E-state index in [2.05, 4.69) is 5.10 Å². The second kappa shape index (κ2) is 6.08. The number of nitrogens with zero attached hydrogens (tertiary/aromatic N) is 3. The van der Waals surface area contributed by atoms with Crippen LogP contribution in [0.3, 0.4) is 0 Å². The average molecular weight is 367 g/mol. The molecule has 0 unspecified atom stereocenters. The highest BCUT2D eigenvalue weighted by Gasteiger charge is 2.63. The zero-order valence-electron chi connectivity index (χ0n) is 14.8. The van der Waals surface area contributed by atoms with Crippen molar-refractivity contribution in [3.05, 3.63) is 64.2 Å². The van der Waals surface area contributed by atoms with Crippen LogP contribution in [-0.2, 0) is 4.79 Å². The molecule has 0 bridgehead atoms. The standard InChI is InChI=1S/C19H17N3O5/c1-12-19(18(23)22(20-12)13-6-4-3-5-7-13)16(11-21(24)25)15-10-14(26-2)8-9-17(15)27-19/h3-10,16H,11H2,1-2H3/t16-,19+/m1/s1. The van der Waals surface area contributed by atoms with Gasteiger partial charge in [-0.1, -0.05) is 18.2 Å². The van der Waals surface area contributed by atoms with Gasteiger partial charge in [-0.3, -0.25) is 14.9 Å². The molecule has 2 aliphatic rings. The van der Waals surface area contributed by atoms with Crippen LogP contribution in [0.2, 0.25) is 0 Å². The number of hydrogen-bond acceptors (Lipinski definition) is 6. The molecule has 1 amide bonds. The third-order valence-corrected chi connectivity index (χ3v) is 4.98. The van der Waals surface area contributed by atoms with Crippen LogP contribution in [0.5, 0.6) is 11.5 Å². The molecule has 0 aliphatic carbocycles. The number of carbonyl (C=O) groups excluding carboxylic acids is 1. The highest BCUT2D eigenvalue weighted by Crippen LogP contribution is 2.50. The third kappa shape index (κ3) is 2.44. The van der Waals surface area contributed by atoms with Crippen LogP contribution in [-0.4, -0.2) is 35.8 Å². The lowest BCUT2D eigenvalue weighted by Gasteiger charge is -2.27. The molecule has 8 heteroatoms. The number of carbonyl (C=O) groups is 1. The Bertz CT molecular complexity index is 959. The van der Waals surface area contributed by atoms with E-state index in [1.54, 1.807) is 49.4 Å². The van der Waals surface area contributed by atoms with Gasteiger partial charge >= 0.3 is 0 Å². The Balaban J connectivity index is 1.82. The lowest BCUT2D eigenvalue weighted by Crippen LogP contribution is -2.54. The molecule has 0 saturated heterocycles. The van der Waals surface area contributed by atoms with Gasteiger partial charge in [0.25, 0.3) is 5.91 Å². The van der Waals surface area contributed by atoms with Crippen LogP contribution in [0.1, 0.15) is 18.4 Å². The molecule has 2 aromatic carbocycles. The summed E-state index contributed by atoms with van der Waals surface area (Å²) < 4.78 is 11.3. The first-order valence-electron chi connectivity index (χ1n) is 8.41. The lowest BCUT2D eigenvalue weighted by molar-refractivity contribution is -0.484. The minimum absolute atomic E-state index is 0.387. The van der Waals surface area contributed by atoms with Gasteiger partial charge in [-0.25, -0.2) is 0 Å². The Labute approximate surface area is 155 Å². The van der Waals surface area contributed by atoms with E-state index in [0.29, 0.717) is 28.5 Å². The summed E-state index contributed by atoms with van der Waals surface area (Å²) in [5.74, 6) is -0.265. The van der Waals surface area contributed by atoms with E-state index >= 15 is 0 Å². The second-order valence-electron chi connectivity index (χ2n) is 6.45. The topological polar surface area (TPSA) is 94.3 Å². The van der Waals surface area contributed by atoms with Crippen molar-refractivity contribution in [2.45, 2.75) is 18.4 Å². The van der Waals surface area contributed by atoms with E-state index in [-0.39, 0.29) is 0 Å². The van der Waals surface area contributed by atoms with Crippen LogP contribution < -0.4 is 14.5 Å². The number of rotatable bonds is 4. The van der Waals surface area contributed by atoms with E-state index < -0.39 is 28.9 Å². The molecule has 8 nitrogen and oxygen atoms in total. The van der Waals surface area contributed by atoms with Gasteiger partial charge in [0.2, 0.25) is 12.1 Å². The minimum Gasteiger partial charge on any atom is -0.497 e. The molecule has 27 heavy (non-hydrogen) atoms. The maximum Gasteiger partial charge on any atom is 0.298 e. The fraction of sp³-hybridized carbons (Fsp3) is 0.263. The summed E-state index contributed by atoms with van der Waals surface area (Å²) in [5, 5.41) is 17.0. The monoisotopic (exact) mass is 367 g/mol. The lowest BCUT2D eigenvalue weighted by atomic mass is 9.80. The van der Waals surface area contributed by atoms with Crippen LogP contribution in [0, 0.1) is 10.1 Å². The van der Waals surface area contributed by atoms with Crippen molar-refractivity contribution in [1.82, 2.24) is 0 Å². The first kappa shape index (κ1) is 17.0. The van der Waals surface area contributed by atoms with Crippen LogP contribution in [0.4, 0.5) is 5.69 Å². The number of anilines is 1. The van der Waals surface area contributed by atoms with Crippen molar-refractivity contribution in [3.63, 3.8) is 0 Å². The zero-order valence-corrected chi connectivity index (χ0v) is 14.8. The Morgan fingerprint density at radius 2 is 2.04 bits per heavy atom. The van der Waals surface area contributed by atoms with Gasteiger partial charge in [0.15, 0.2) is 0 Å². The molecule has 0 radical (unpaired) electrons. The van der Waals surface area contributed by atoms with Crippen molar-refractivity contribution < 1.29 is 19.2 Å². The molecule has 138 valence electrons. The highest BCUT2D eigenvalue weighted by atomic mass is 16.6. The van der Waals surface area contributed by atoms with Gasteiger partial charge in [-0.2, -0.15) is 10.1 Å². The highest BCUT2D eigenvalue weighted by molar-refractivity contribution is 6.23. The number of fused-ring (bicyclic) bond motifs is 1. The van der Waals surface area contributed by atoms with E-state index in [1.807, 2.05) is 6.07 Å². The number of para-hydroxylation sites is 1. The smallest absolute Gasteiger partial charge is 0.298 e. The predicted molar refractivity (Wildman–Crippen MR) is 98.0 cm³/mol. The van der Waals surface area contributed by atoms with Gasteiger partial charge in [-0.05, 0) is 37.3 Å². The molecule has 1 spiro atoms. The summed E-state index contributed by atoms with van der Waals surface area (Å²) in [5.41, 5.74) is 0.00962. The first-order valence-corrected chi connectivity index (χ1v) is 8.41. The van der Waals surface area contributed by atoms with Crippen molar-refractivity contribution in [3.8, 4) is 11.5 Å². The largest absolute Gasteiger partial charge is 0.497 e. The molecule has 2 aliphatic heterocycles. The molecule has 4 rings (SSSR count). The molecule has 0 N–H and O–H groups in total. The number of nitro groups is 1.